The number of amides is 1. The number of hydrogen-bond acceptors (Lipinski definition) is 2. The quantitative estimate of drug-likeness (QED) is 0.681. The van der Waals surface area contributed by atoms with Crippen molar-refractivity contribution in [1.82, 2.24) is 0 Å². The van der Waals surface area contributed by atoms with Gasteiger partial charge in [0.25, 0.3) is 5.91 Å². The molecule has 3 aromatic carbocycles. The van der Waals surface area contributed by atoms with Crippen molar-refractivity contribution >= 4 is 38.3 Å². The van der Waals surface area contributed by atoms with Crippen molar-refractivity contribution in [3.8, 4) is 5.75 Å². The molecule has 0 saturated heterocycles. The lowest BCUT2D eigenvalue weighted by molar-refractivity contribution is 0.102. The molecule has 0 aliphatic heterocycles. The van der Waals surface area contributed by atoms with E-state index in [0.717, 1.165) is 20.9 Å². The van der Waals surface area contributed by atoms with Crippen molar-refractivity contribution in [2.45, 2.75) is 6.92 Å². The molecule has 0 radical (unpaired) electrons. The van der Waals surface area contributed by atoms with E-state index in [9.17, 15) is 4.79 Å². The lowest BCUT2D eigenvalue weighted by atomic mass is 10.1. The van der Waals surface area contributed by atoms with Gasteiger partial charge in [-0.05, 0) is 36.6 Å². The minimum atomic E-state index is -0.189. The number of benzene rings is 3. The van der Waals surface area contributed by atoms with Gasteiger partial charge in [0.2, 0.25) is 0 Å². The topological polar surface area (TPSA) is 38.3 Å². The molecule has 0 aliphatic rings. The second kappa shape index (κ2) is 6.84. The Morgan fingerprint density at radius 1 is 1.09 bits per heavy atom. The Kier molecular flexibility index (Phi) is 4.63. The number of carbonyl (C=O) groups is 1. The number of carbonyl (C=O) groups excluding carboxylic acids is 1. The standard InChI is InChI=1S/C19H16BrNO2/c1-2-23-18-11-10-14(20)12-16(18)19(22)21-17-9-5-7-13-6-3-4-8-15(13)17/h3-12H,2H2,1H3,(H,21,22). The van der Waals surface area contributed by atoms with E-state index in [1.165, 1.54) is 0 Å². The Balaban J connectivity index is 1.97. The number of halogens is 1. The SMILES string of the molecule is CCOc1ccc(Br)cc1C(=O)Nc1cccc2ccccc12. The van der Waals surface area contributed by atoms with Crippen molar-refractivity contribution in [2.75, 3.05) is 11.9 Å². The molecule has 3 nitrogen and oxygen atoms in total. The van der Waals surface area contributed by atoms with Gasteiger partial charge in [0.15, 0.2) is 0 Å². The molecule has 116 valence electrons. The first-order chi connectivity index (χ1) is 11.2. The van der Waals surface area contributed by atoms with Gasteiger partial charge in [0.05, 0.1) is 12.2 Å². The van der Waals surface area contributed by atoms with Gasteiger partial charge >= 0.3 is 0 Å². The first kappa shape index (κ1) is 15.6. The van der Waals surface area contributed by atoms with E-state index < -0.39 is 0 Å². The second-order valence-electron chi connectivity index (χ2n) is 5.05. The molecule has 0 atom stereocenters. The van der Waals surface area contributed by atoms with E-state index in [2.05, 4.69) is 21.2 Å². The highest BCUT2D eigenvalue weighted by molar-refractivity contribution is 9.10. The molecule has 0 fully saturated rings. The first-order valence-electron chi connectivity index (χ1n) is 7.40. The van der Waals surface area contributed by atoms with E-state index in [1.54, 1.807) is 12.1 Å². The summed E-state index contributed by atoms with van der Waals surface area (Å²) < 4.78 is 6.39. The largest absolute Gasteiger partial charge is 0.493 e. The predicted molar refractivity (Wildman–Crippen MR) is 97.2 cm³/mol. The summed E-state index contributed by atoms with van der Waals surface area (Å²) >= 11 is 3.41. The third-order valence-electron chi connectivity index (χ3n) is 3.52. The van der Waals surface area contributed by atoms with Gasteiger partial charge in [0.1, 0.15) is 5.75 Å². The van der Waals surface area contributed by atoms with Gasteiger partial charge < -0.3 is 10.1 Å². The fourth-order valence-electron chi connectivity index (χ4n) is 2.49. The van der Waals surface area contributed by atoms with Crippen LogP contribution in [-0.4, -0.2) is 12.5 Å². The van der Waals surface area contributed by atoms with Crippen LogP contribution in [0.2, 0.25) is 0 Å². The summed E-state index contributed by atoms with van der Waals surface area (Å²) in [6.45, 7) is 2.41. The third-order valence-corrected chi connectivity index (χ3v) is 4.02. The average molecular weight is 370 g/mol. The predicted octanol–water partition coefficient (Wildman–Crippen LogP) is 5.25. The van der Waals surface area contributed by atoms with Gasteiger partial charge in [-0.3, -0.25) is 4.79 Å². The molecule has 3 rings (SSSR count). The maximum Gasteiger partial charge on any atom is 0.259 e. The maximum absolute atomic E-state index is 12.7. The third kappa shape index (κ3) is 3.37. The van der Waals surface area contributed by atoms with Crippen LogP contribution in [0, 0.1) is 0 Å². The Hall–Kier alpha value is -2.33. The highest BCUT2D eigenvalue weighted by Crippen LogP contribution is 2.27. The summed E-state index contributed by atoms with van der Waals surface area (Å²) in [4.78, 5) is 12.7. The highest BCUT2D eigenvalue weighted by atomic mass is 79.9. The van der Waals surface area contributed by atoms with E-state index in [1.807, 2.05) is 55.5 Å². The van der Waals surface area contributed by atoms with Gasteiger partial charge in [0, 0.05) is 15.5 Å². The number of ether oxygens (including phenoxy) is 1. The van der Waals surface area contributed by atoms with Crippen LogP contribution in [0.15, 0.2) is 65.1 Å². The zero-order valence-electron chi connectivity index (χ0n) is 12.7. The van der Waals surface area contributed by atoms with Crippen LogP contribution in [0.1, 0.15) is 17.3 Å². The summed E-state index contributed by atoms with van der Waals surface area (Å²) in [7, 11) is 0. The second-order valence-corrected chi connectivity index (χ2v) is 5.97. The summed E-state index contributed by atoms with van der Waals surface area (Å²) in [5.41, 5.74) is 1.30. The van der Waals surface area contributed by atoms with Crippen molar-refractivity contribution in [3.63, 3.8) is 0 Å². The summed E-state index contributed by atoms with van der Waals surface area (Å²) in [5.74, 6) is 0.388. The smallest absolute Gasteiger partial charge is 0.259 e. The summed E-state index contributed by atoms with van der Waals surface area (Å²) in [5, 5.41) is 5.09. The fourth-order valence-corrected chi connectivity index (χ4v) is 2.85. The lowest BCUT2D eigenvalue weighted by Gasteiger charge is -2.12. The van der Waals surface area contributed by atoms with Gasteiger partial charge in [-0.2, -0.15) is 0 Å². The van der Waals surface area contributed by atoms with Crippen molar-refractivity contribution in [1.29, 1.82) is 0 Å². The molecule has 0 spiro atoms. The Bertz CT molecular complexity index is 856. The van der Waals surface area contributed by atoms with Gasteiger partial charge in [-0.25, -0.2) is 0 Å². The van der Waals surface area contributed by atoms with E-state index >= 15 is 0 Å². The summed E-state index contributed by atoms with van der Waals surface area (Å²) in [6, 6.07) is 19.2. The molecule has 0 aliphatic carbocycles. The first-order valence-corrected chi connectivity index (χ1v) is 8.20. The number of fused-ring (bicyclic) bond motifs is 1. The molecule has 23 heavy (non-hydrogen) atoms. The van der Waals surface area contributed by atoms with Gasteiger partial charge in [-0.1, -0.05) is 52.3 Å². The van der Waals surface area contributed by atoms with Crippen LogP contribution < -0.4 is 10.1 Å². The normalized spacial score (nSPS) is 10.5. The van der Waals surface area contributed by atoms with Crippen LogP contribution in [0.25, 0.3) is 10.8 Å². The molecule has 3 aromatic rings. The van der Waals surface area contributed by atoms with Crippen LogP contribution >= 0.6 is 15.9 Å². The van der Waals surface area contributed by atoms with Gasteiger partial charge in [-0.15, -0.1) is 0 Å². The number of anilines is 1. The van der Waals surface area contributed by atoms with Crippen molar-refractivity contribution in [2.24, 2.45) is 0 Å². The van der Waals surface area contributed by atoms with Crippen LogP contribution in [0.4, 0.5) is 5.69 Å². The van der Waals surface area contributed by atoms with Crippen molar-refractivity contribution < 1.29 is 9.53 Å². The Labute approximate surface area is 143 Å². The molecule has 0 heterocycles. The van der Waals surface area contributed by atoms with E-state index in [0.29, 0.717) is 17.9 Å². The molecule has 4 heteroatoms. The number of nitrogens with one attached hydrogen (secondary N) is 1. The van der Waals surface area contributed by atoms with E-state index in [-0.39, 0.29) is 5.91 Å². The molecule has 1 N–H and O–H groups in total. The number of hydrogen-bond donors (Lipinski definition) is 1. The molecular weight excluding hydrogens is 354 g/mol. The molecular formula is C19H16BrNO2. The number of rotatable bonds is 4. The lowest BCUT2D eigenvalue weighted by Crippen LogP contribution is -2.14. The fraction of sp³-hybridized carbons (Fsp3) is 0.105. The monoisotopic (exact) mass is 369 g/mol. The molecule has 1 amide bonds. The minimum absolute atomic E-state index is 0.189. The average Bonchev–Trinajstić information content (AvgIpc) is 2.57. The maximum atomic E-state index is 12.7. The Morgan fingerprint density at radius 3 is 2.70 bits per heavy atom. The molecule has 0 saturated carbocycles. The minimum Gasteiger partial charge on any atom is -0.493 e. The van der Waals surface area contributed by atoms with Crippen LogP contribution in [-0.2, 0) is 0 Å². The van der Waals surface area contributed by atoms with E-state index in [4.69, 9.17) is 4.74 Å². The Morgan fingerprint density at radius 2 is 1.87 bits per heavy atom. The van der Waals surface area contributed by atoms with Crippen LogP contribution in [0.3, 0.4) is 0 Å². The highest BCUT2D eigenvalue weighted by Gasteiger charge is 2.14. The molecule has 0 bridgehead atoms. The molecule has 0 unspecified atom stereocenters. The molecule has 0 aromatic heterocycles. The summed E-state index contributed by atoms with van der Waals surface area (Å²) in [6.07, 6.45) is 0. The zero-order valence-corrected chi connectivity index (χ0v) is 14.3. The van der Waals surface area contributed by atoms with Crippen LogP contribution in [0.5, 0.6) is 5.75 Å². The van der Waals surface area contributed by atoms with Crippen molar-refractivity contribution in [3.05, 3.63) is 70.7 Å². The zero-order chi connectivity index (χ0) is 16.2.